The summed E-state index contributed by atoms with van der Waals surface area (Å²) < 4.78 is 6.09. The number of likely N-dealkylation sites (N-methyl/N-ethyl adjacent to an activating group) is 1. The third-order valence-electron chi connectivity index (χ3n) is 8.32. The number of aromatic hydroxyl groups is 1. The largest absolute Gasteiger partial charge is 0.508 e. The molecule has 7 N–H and O–H groups in total. The molecule has 41 heavy (non-hydrogen) atoms. The molecule has 11 heteroatoms. The van der Waals surface area contributed by atoms with E-state index < -0.39 is 58.0 Å². The number of ketones is 2. The molecule has 1 saturated carbocycles. The zero-order valence-corrected chi connectivity index (χ0v) is 23.6. The molecule has 218 valence electrons. The van der Waals surface area contributed by atoms with E-state index in [1.165, 1.54) is 11.0 Å². The fourth-order valence-electron chi connectivity index (χ4n) is 6.44. The highest BCUT2D eigenvalue weighted by Gasteiger charge is 2.64. The first-order valence-corrected chi connectivity index (χ1v) is 13.4. The van der Waals surface area contributed by atoms with E-state index in [-0.39, 0.29) is 35.3 Å². The van der Waals surface area contributed by atoms with Crippen LogP contribution in [-0.2, 0) is 27.3 Å². The highest BCUT2D eigenvalue weighted by atomic mass is 16.4. The van der Waals surface area contributed by atoms with Gasteiger partial charge in [0, 0.05) is 22.6 Å². The molecule has 0 bridgehead atoms. The quantitative estimate of drug-likeness (QED) is 0.293. The van der Waals surface area contributed by atoms with Gasteiger partial charge in [-0.25, -0.2) is 0 Å². The van der Waals surface area contributed by atoms with Gasteiger partial charge in [-0.05, 0) is 83.5 Å². The summed E-state index contributed by atoms with van der Waals surface area (Å²) in [6.07, 6.45) is 0.189. The molecule has 0 unspecified atom stereocenters. The summed E-state index contributed by atoms with van der Waals surface area (Å²) in [4.78, 5) is 40.8. The van der Waals surface area contributed by atoms with Gasteiger partial charge in [0.25, 0.3) is 5.91 Å². The van der Waals surface area contributed by atoms with Crippen LogP contribution in [0, 0.1) is 11.8 Å². The second-order valence-electron chi connectivity index (χ2n) is 12.3. The van der Waals surface area contributed by atoms with Crippen molar-refractivity contribution in [1.82, 2.24) is 10.2 Å². The maximum atomic E-state index is 14.0. The van der Waals surface area contributed by atoms with Crippen molar-refractivity contribution in [1.29, 1.82) is 0 Å². The number of aliphatic hydroxyl groups excluding tert-OH is 2. The Morgan fingerprint density at radius 1 is 1.15 bits per heavy atom. The first kappa shape index (κ1) is 28.6. The Balaban J connectivity index is 1.64. The number of fused-ring (bicyclic) bond motifs is 3. The van der Waals surface area contributed by atoms with Crippen LogP contribution in [0.2, 0.25) is 0 Å². The second kappa shape index (κ2) is 9.57. The molecule has 3 aliphatic rings. The van der Waals surface area contributed by atoms with E-state index in [1.807, 2.05) is 26.8 Å². The van der Waals surface area contributed by atoms with E-state index in [1.54, 1.807) is 26.2 Å². The molecule has 4 atom stereocenters. The highest BCUT2D eigenvalue weighted by molar-refractivity contribution is 6.24. The number of nitrogens with zero attached hydrogens (tertiary/aromatic N) is 1. The van der Waals surface area contributed by atoms with Crippen LogP contribution < -0.4 is 11.1 Å². The first-order valence-electron chi connectivity index (χ1n) is 13.4. The summed E-state index contributed by atoms with van der Waals surface area (Å²) in [7, 11) is 3.12. The number of hydrogen-bond donors (Lipinski definition) is 6. The van der Waals surface area contributed by atoms with Crippen molar-refractivity contribution in [2.75, 3.05) is 14.1 Å². The lowest BCUT2D eigenvalue weighted by molar-refractivity contribution is -0.153. The summed E-state index contributed by atoms with van der Waals surface area (Å²) in [6.45, 7) is 6.60. The summed E-state index contributed by atoms with van der Waals surface area (Å²) in [5.41, 5.74) is 2.70. The normalized spacial score (nSPS) is 26.3. The van der Waals surface area contributed by atoms with Gasteiger partial charge >= 0.3 is 0 Å². The first-order chi connectivity index (χ1) is 19.1. The zero-order valence-electron chi connectivity index (χ0n) is 23.6. The van der Waals surface area contributed by atoms with E-state index in [0.29, 0.717) is 29.2 Å². The molecule has 0 spiro atoms. The number of carbonyl (C=O) groups excluding carboxylic acids is 3. The Kier molecular flexibility index (Phi) is 6.68. The molecular formula is C30H35N3O8. The van der Waals surface area contributed by atoms with Gasteiger partial charge in [-0.2, -0.15) is 0 Å². The van der Waals surface area contributed by atoms with E-state index in [2.05, 4.69) is 5.32 Å². The van der Waals surface area contributed by atoms with Crippen LogP contribution in [0.25, 0.3) is 17.1 Å². The molecule has 0 aliphatic heterocycles. The van der Waals surface area contributed by atoms with Gasteiger partial charge in [-0.15, -0.1) is 0 Å². The van der Waals surface area contributed by atoms with Crippen LogP contribution in [-0.4, -0.2) is 74.1 Å². The number of aliphatic hydroxyl groups is 3. The fourth-order valence-corrected chi connectivity index (χ4v) is 6.44. The van der Waals surface area contributed by atoms with Crippen molar-refractivity contribution in [2.24, 2.45) is 17.6 Å². The number of rotatable bonds is 5. The highest BCUT2D eigenvalue weighted by Crippen LogP contribution is 2.53. The maximum Gasteiger partial charge on any atom is 0.255 e. The number of phenolic OH excluding ortho intramolecular Hbond substituents is 1. The predicted molar refractivity (Wildman–Crippen MR) is 149 cm³/mol. The van der Waals surface area contributed by atoms with E-state index in [9.17, 15) is 34.8 Å². The molecule has 1 aromatic carbocycles. The third kappa shape index (κ3) is 4.35. The number of phenols is 1. The summed E-state index contributed by atoms with van der Waals surface area (Å²) in [5.74, 6) is -5.65. The van der Waals surface area contributed by atoms with Crippen LogP contribution in [0.4, 0.5) is 0 Å². The monoisotopic (exact) mass is 565 g/mol. The Labute approximate surface area is 236 Å². The molecule has 1 fully saturated rings. The topological polar surface area (TPSA) is 187 Å². The molecule has 1 amide bonds. The molecule has 3 aliphatic carbocycles. The van der Waals surface area contributed by atoms with E-state index in [4.69, 9.17) is 10.2 Å². The van der Waals surface area contributed by atoms with Gasteiger partial charge < -0.3 is 35.9 Å². The van der Waals surface area contributed by atoms with Gasteiger partial charge in [0.1, 0.15) is 34.4 Å². The van der Waals surface area contributed by atoms with Crippen LogP contribution in [0.5, 0.6) is 5.75 Å². The lowest BCUT2D eigenvalue weighted by Crippen LogP contribution is -2.65. The second-order valence-corrected chi connectivity index (χ2v) is 12.3. The summed E-state index contributed by atoms with van der Waals surface area (Å²) in [5, 5.41) is 48.3. The van der Waals surface area contributed by atoms with Crippen LogP contribution in [0.15, 0.2) is 45.6 Å². The third-order valence-corrected chi connectivity index (χ3v) is 8.32. The number of amides is 1. The summed E-state index contributed by atoms with van der Waals surface area (Å²) >= 11 is 0. The number of nitrogens with one attached hydrogen (secondary N) is 1. The molecule has 1 heterocycles. The number of primary amides is 1. The van der Waals surface area contributed by atoms with Crippen molar-refractivity contribution in [3.8, 4) is 17.1 Å². The Morgan fingerprint density at radius 2 is 1.83 bits per heavy atom. The minimum absolute atomic E-state index is 0.0137. The lowest BCUT2D eigenvalue weighted by atomic mass is 9.57. The zero-order chi connectivity index (χ0) is 30.2. The minimum atomic E-state index is -2.67. The molecule has 5 rings (SSSR count). The number of carbonyl (C=O) groups is 3. The average molecular weight is 566 g/mol. The number of Topliss-reactive ketones (excluding diaryl/α,β-unsaturated/α-hetero) is 2. The van der Waals surface area contributed by atoms with Crippen molar-refractivity contribution in [2.45, 2.75) is 57.3 Å². The van der Waals surface area contributed by atoms with Gasteiger partial charge in [0.05, 0.1) is 18.2 Å². The Bertz CT molecular complexity index is 1540. The molecular weight excluding hydrogens is 530 g/mol. The van der Waals surface area contributed by atoms with Gasteiger partial charge in [-0.3, -0.25) is 19.3 Å². The summed E-state index contributed by atoms with van der Waals surface area (Å²) in [6, 6.07) is 5.55. The van der Waals surface area contributed by atoms with Gasteiger partial charge in [-0.1, -0.05) is 0 Å². The molecule has 2 aromatic rings. The van der Waals surface area contributed by atoms with Crippen molar-refractivity contribution in [3.63, 3.8) is 0 Å². The van der Waals surface area contributed by atoms with Gasteiger partial charge in [0.15, 0.2) is 11.4 Å². The van der Waals surface area contributed by atoms with Gasteiger partial charge in [0.2, 0.25) is 5.78 Å². The predicted octanol–water partition coefficient (Wildman–Crippen LogP) is 2.11. The minimum Gasteiger partial charge on any atom is -0.508 e. The lowest BCUT2D eigenvalue weighted by Gasteiger charge is -2.50. The maximum absolute atomic E-state index is 14.0. The number of nitrogens with two attached hydrogens (primary N) is 1. The van der Waals surface area contributed by atoms with E-state index >= 15 is 0 Å². The number of benzene rings is 1. The fraction of sp³-hybridized carbons (Fsp3) is 0.433. The Morgan fingerprint density at radius 3 is 2.44 bits per heavy atom. The van der Waals surface area contributed by atoms with Crippen molar-refractivity contribution >= 4 is 23.2 Å². The van der Waals surface area contributed by atoms with Crippen LogP contribution in [0.3, 0.4) is 0 Å². The number of hydrogen-bond acceptors (Lipinski definition) is 10. The van der Waals surface area contributed by atoms with Crippen molar-refractivity contribution in [3.05, 3.63) is 58.1 Å². The van der Waals surface area contributed by atoms with Crippen molar-refractivity contribution < 1.29 is 39.2 Å². The molecule has 0 saturated heterocycles. The molecule has 11 nitrogen and oxygen atoms in total. The SMILES string of the molecule is CN(C)[C@@H]1C(=O)C(C(N)=O)=C(O)[C@@]2(O)C(=O)C3=C(O)c4c(O)ccc(-c5ccc(CNC(C)(C)C)o5)c4C[C@@H]3C[C@H]12. The molecule has 1 aromatic heterocycles. The molecule has 0 radical (unpaired) electrons. The van der Waals surface area contributed by atoms with E-state index in [0.717, 1.165) is 0 Å². The number of furan rings is 1. The van der Waals surface area contributed by atoms with Crippen LogP contribution in [0.1, 0.15) is 44.1 Å². The standard InChI is InChI=1S/C30H35N3O8/c1-29(2,3)32-12-14-6-9-19(41-14)15-7-8-18(34)21-16(15)10-13-11-17-23(33(4)5)25(36)22(28(31)39)27(38)30(17,40)26(37)20(13)24(21)35/h6-9,13,17,23,32,34-35,38,40H,10-12H2,1-5H3,(H2,31,39)/t13-,17-,23+,30+/m1/s1. The average Bonchev–Trinajstić information content (AvgIpc) is 3.33. The smallest absolute Gasteiger partial charge is 0.255 e. The Hall–Kier alpha value is -3.93. The van der Waals surface area contributed by atoms with Crippen LogP contribution >= 0.6 is 0 Å².